The number of ether oxygens (including phenoxy) is 1. The molecular weight excluding hydrogens is 368 g/mol. The highest BCUT2D eigenvalue weighted by Crippen LogP contribution is 2.23. The summed E-state index contributed by atoms with van der Waals surface area (Å²) in [5.41, 5.74) is 2.59. The molecule has 1 aromatic heterocycles. The summed E-state index contributed by atoms with van der Waals surface area (Å²) in [5, 5.41) is 5.53. The van der Waals surface area contributed by atoms with Gasteiger partial charge in [-0.3, -0.25) is 9.59 Å². The molecule has 0 aliphatic heterocycles. The van der Waals surface area contributed by atoms with Crippen LogP contribution in [0.5, 0.6) is 5.75 Å². The van der Waals surface area contributed by atoms with Gasteiger partial charge in [-0.1, -0.05) is 32.9 Å². The fraction of sp³-hybridized carbons (Fsp3) is 0.217. The number of nitrogens with one attached hydrogen (secondary N) is 2. The van der Waals surface area contributed by atoms with Crippen LogP contribution in [-0.2, 0) is 10.2 Å². The summed E-state index contributed by atoms with van der Waals surface area (Å²) in [5.74, 6) is 0.181. The average Bonchev–Trinajstić information content (AvgIpc) is 3.22. The van der Waals surface area contributed by atoms with Gasteiger partial charge in [0, 0.05) is 11.4 Å². The van der Waals surface area contributed by atoms with Gasteiger partial charge in [0.15, 0.2) is 12.4 Å². The molecule has 0 bridgehead atoms. The highest BCUT2D eigenvalue weighted by atomic mass is 16.5. The first-order valence-electron chi connectivity index (χ1n) is 9.29. The first kappa shape index (κ1) is 20.2. The lowest BCUT2D eigenvalue weighted by atomic mass is 9.87. The van der Waals surface area contributed by atoms with Crippen molar-refractivity contribution in [1.29, 1.82) is 0 Å². The van der Waals surface area contributed by atoms with Gasteiger partial charge in [-0.15, -0.1) is 0 Å². The van der Waals surface area contributed by atoms with Crippen molar-refractivity contribution < 1.29 is 18.7 Å². The van der Waals surface area contributed by atoms with E-state index in [1.54, 1.807) is 36.4 Å². The Balaban J connectivity index is 1.48. The van der Waals surface area contributed by atoms with E-state index in [0.717, 1.165) is 5.69 Å². The standard InChI is InChI=1S/C23H24N2O4/c1-23(2,3)16-6-8-17(9-7-16)24-21(26)15-29-19-12-10-18(11-13-19)25-22(27)20-5-4-14-28-20/h4-14H,15H2,1-3H3,(H,24,26)(H,25,27). The van der Waals surface area contributed by atoms with Crippen LogP contribution in [0.25, 0.3) is 0 Å². The van der Waals surface area contributed by atoms with Gasteiger partial charge in [0.05, 0.1) is 6.26 Å². The predicted octanol–water partition coefficient (Wildman–Crippen LogP) is 4.85. The molecule has 0 aliphatic carbocycles. The lowest BCUT2D eigenvalue weighted by molar-refractivity contribution is -0.118. The van der Waals surface area contributed by atoms with Crippen LogP contribution < -0.4 is 15.4 Å². The van der Waals surface area contributed by atoms with Crippen molar-refractivity contribution >= 4 is 23.2 Å². The van der Waals surface area contributed by atoms with E-state index in [9.17, 15) is 9.59 Å². The molecule has 0 fully saturated rings. The number of anilines is 2. The van der Waals surface area contributed by atoms with Crippen LogP contribution in [0.3, 0.4) is 0 Å². The number of hydrogen-bond donors (Lipinski definition) is 2. The van der Waals surface area contributed by atoms with Gasteiger partial charge < -0.3 is 19.8 Å². The third-order valence-electron chi connectivity index (χ3n) is 4.26. The van der Waals surface area contributed by atoms with E-state index in [0.29, 0.717) is 11.4 Å². The number of benzene rings is 2. The van der Waals surface area contributed by atoms with Gasteiger partial charge in [0.25, 0.3) is 11.8 Å². The molecule has 0 saturated carbocycles. The molecule has 150 valence electrons. The third-order valence-corrected chi connectivity index (χ3v) is 4.26. The predicted molar refractivity (Wildman–Crippen MR) is 112 cm³/mol. The lowest BCUT2D eigenvalue weighted by Crippen LogP contribution is -2.20. The van der Waals surface area contributed by atoms with Crippen LogP contribution in [0.15, 0.2) is 71.3 Å². The van der Waals surface area contributed by atoms with Gasteiger partial charge in [0.1, 0.15) is 5.75 Å². The highest BCUT2D eigenvalue weighted by Gasteiger charge is 2.13. The van der Waals surface area contributed by atoms with Crippen LogP contribution in [-0.4, -0.2) is 18.4 Å². The molecule has 0 radical (unpaired) electrons. The van der Waals surface area contributed by atoms with Gasteiger partial charge >= 0.3 is 0 Å². The van der Waals surface area contributed by atoms with Crippen molar-refractivity contribution in [3.05, 3.63) is 78.3 Å². The molecule has 6 nitrogen and oxygen atoms in total. The Hall–Kier alpha value is -3.54. The van der Waals surface area contributed by atoms with Crippen LogP contribution >= 0.6 is 0 Å². The SMILES string of the molecule is CC(C)(C)c1ccc(NC(=O)COc2ccc(NC(=O)c3ccco3)cc2)cc1. The topological polar surface area (TPSA) is 80.6 Å². The van der Waals surface area contributed by atoms with E-state index in [1.807, 2.05) is 24.3 Å². The number of hydrogen-bond acceptors (Lipinski definition) is 4. The molecular formula is C23H24N2O4. The minimum Gasteiger partial charge on any atom is -0.484 e. The molecule has 0 saturated heterocycles. The van der Waals surface area contributed by atoms with Gasteiger partial charge in [-0.2, -0.15) is 0 Å². The molecule has 2 aromatic carbocycles. The molecule has 6 heteroatoms. The summed E-state index contributed by atoms with van der Waals surface area (Å²) in [4.78, 5) is 24.0. The Morgan fingerprint density at radius 2 is 1.52 bits per heavy atom. The van der Waals surface area contributed by atoms with Crippen LogP contribution in [0.1, 0.15) is 36.9 Å². The normalized spacial score (nSPS) is 11.0. The van der Waals surface area contributed by atoms with Crippen molar-refractivity contribution in [2.45, 2.75) is 26.2 Å². The van der Waals surface area contributed by atoms with E-state index >= 15 is 0 Å². The summed E-state index contributed by atoms with van der Waals surface area (Å²) in [6.45, 7) is 6.31. The fourth-order valence-electron chi connectivity index (χ4n) is 2.63. The second kappa shape index (κ2) is 8.65. The number of carbonyl (C=O) groups is 2. The molecule has 2 N–H and O–H groups in total. The Morgan fingerprint density at radius 1 is 0.897 bits per heavy atom. The van der Waals surface area contributed by atoms with Crippen molar-refractivity contribution in [1.82, 2.24) is 0 Å². The molecule has 0 atom stereocenters. The van der Waals surface area contributed by atoms with E-state index in [1.165, 1.54) is 11.8 Å². The quantitative estimate of drug-likeness (QED) is 0.629. The van der Waals surface area contributed by atoms with Crippen molar-refractivity contribution in [2.75, 3.05) is 17.2 Å². The maximum Gasteiger partial charge on any atom is 0.291 e. The van der Waals surface area contributed by atoms with Crippen LogP contribution in [0.2, 0.25) is 0 Å². The van der Waals surface area contributed by atoms with Crippen LogP contribution in [0, 0.1) is 0 Å². The number of rotatable bonds is 6. The van der Waals surface area contributed by atoms with Crippen molar-refractivity contribution in [3.63, 3.8) is 0 Å². The van der Waals surface area contributed by atoms with Crippen molar-refractivity contribution in [3.8, 4) is 5.75 Å². The highest BCUT2D eigenvalue weighted by molar-refractivity contribution is 6.02. The average molecular weight is 392 g/mol. The van der Waals surface area contributed by atoms with Gasteiger partial charge in [0.2, 0.25) is 0 Å². The number of amides is 2. The van der Waals surface area contributed by atoms with Crippen LogP contribution in [0.4, 0.5) is 11.4 Å². The van der Waals surface area contributed by atoms with E-state index < -0.39 is 0 Å². The summed E-state index contributed by atoms with van der Waals surface area (Å²) < 4.78 is 10.6. The number of carbonyl (C=O) groups excluding carboxylic acids is 2. The molecule has 3 rings (SSSR count). The summed E-state index contributed by atoms with van der Waals surface area (Å²) >= 11 is 0. The maximum absolute atomic E-state index is 12.1. The first-order chi connectivity index (χ1) is 13.8. The fourth-order valence-corrected chi connectivity index (χ4v) is 2.63. The molecule has 0 unspecified atom stereocenters. The van der Waals surface area contributed by atoms with E-state index in [2.05, 4.69) is 31.4 Å². The molecule has 0 aliphatic rings. The largest absolute Gasteiger partial charge is 0.484 e. The zero-order valence-electron chi connectivity index (χ0n) is 16.7. The molecule has 2 amide bonds. The zero-order chi connectivity index (χ0) is 20.9. The van der Waals surface area contributed by atoms with Gasteiger partial charge in [-0.25, -0.2) is 0 Å². The maximum atomic E-state index is 12.1. The molecule has 3 aromatic rings. The summed E-state index contributed by atoms with van der Waals surface area (Å²) in [6.07, 6.45) is 1.44. The van der Waals surface area contributed by atoms with Gasteiger partial charge in [-0.05, 0) is 59.5 Å². The Labute approximate surface area is 169 Å². The smallest absolute Gasteiger partial charge is 0.291 e. The first-order valence-corrected chi connectivity index (χ1v) is 9.29. The van der Waals surface area contributed by atoms with Crippen molar-refractivity contribution in [2.24, 2.45) is 0 Å². The van der Waals surface area contributed by atoms with E-state index in [4.69, 9.17) is 9.15 Å². The third kappa shape index (κ3) is 5.72. The molecule has 0 spiro atoms. The second-order valence-corrected chi connectivity index (χ2v) is 7.62. The molecule has 29 heavy (non-hydrogen) atoms. The second-order valence-electron chi connectivity index (χ2n) is 7.62. The Kier molecular flexibility index (Phi) is 6.02. The summed E-state index contributed by atoms with van der Waals surface area (Å²) in [7, 11) is 0. The Morgan fingerprint density at radius 3 is 2.10 bits per heavy atom. The zero-order valence-corrected chi connectivity index (χ0v) is 16.7. The summed E-state index contributed by atoms with van der Waals surface area (Å²) in [6, 6.07) is 17.8. The molecule has 1 heterocycles. The minimum atomic E-state index is -0.333. The monoisotopic (exact) mass is 392 g/mol. The van der Waals surface area contributed by atoms with E-state index in [-0.39, 0.29) is 29.6 Å². The lowest BCUT2D eigenvalue weighted by Gasteiger charge is -2.19. The number of furan rings is 1. The minimum absolute atomic E-state index is 0.0647. The Bertz CT molecular complexity index is 954.